The lowest BCUT2D eigenvalue weighted by molar-refractivity contribution is 0.0953. The van der Waals surface area contributed by atoms with Crippen molar-refractivity contribution in [3.63, 3.8) is 0 Å². The Labute approximate surface area is 119 Å². The summed E-state index contributed by atoms with van der Waals surface area (Å²) in [6, 6.07) is 0. The van der Waals surface area contributed by atoms with Crippen molar-refractivity contribution in [2.24, 2.45) is 0 Å². The van der Waals surface area contributed by atoms with Crippen molar-refractivity contribution in [1.29, 1.82) is 0 Å². The van der Waals surface area contributed by atoms with E-state index in [1.165, 1.54) is 11.3 Å². The predicted molar refractivity (Wildman–Crippen MR) is 76.8 cm³/mol. The summed E-state index contributed by atoms with van der Waals surface area (Å²) >= 11 is 2.86. The molecule has 19 heavy (non-hydrogen) atoms. The van der Waals surface area contributed by atoms with Gasteiger partial charge in [0.15, 0.2) is 0 Å². The second-order valence-corrected chi connectivity index (χ2v) is 5.73. The van der Waals surface area contributed by atoms with Crippen LogP contribution in [0.15, 0.2) is 11.6 Å². The third-order valence-electron chi connectivity index (χ3n) is 2.25. The monoisotopic (exact) mass is 297 g/mol. The number of rotatable bonds is 7. The summed E-state index contributed by atoms with van der Waals surface area (Å²) in [5, 5.41) is 17.7. The van der Waals surface area contributed by atoms with Gasteiger partial charge in [0.2, 0.25) is 10.1 Å². The van der Waals surface area contributed by atoms with Crippen LogP contribution in [0.25, 0.3) is 0 Å². The van der Waals surface area contributed by atoms with E-state index in [1.54, 1.807) is 17.5 Å². The van der Waals surface area contributed by atoms with Gasteiger partial charge in [-0.25, -0.2) is 4.98 Å². The molecule has 0 aromatic carbocycles. The molecule has 1 amide bonds. The lowest BCUT2D eigenvalue weighted by atomic mass is 10.4. The van der Waals surface area contributed by atoms with Crippen LogP contribution in [0.5, 0.6) is 0 Å². The Morgan fingerprint density at radius 3 is 3.00 bits per heavy atom. The van der Waals surface area contributed by atoms with Gasteiger partial charge in [-0.2, -0.15) is 0 Å². The Balaban J connectivity index is 1.77. The summed E-state index contributed by atoms with van der Waals surface area (Å²) in [5.74, 6) is -0.182. The first-order chi connectivity index (χ1) is 9.29. The molecular weight excluding hydrogens is 282 g/mol. The molecule has 2 aromatic rings. The van der Waals surface area contributed by atoms with Crippen molar-refractivity contribution in [3.8, 4) is 0 Å². The van der Waals surface area contributed by atoms with Gasteiger partial charge in [0, 0.05) is 31.1 Å². The summed E-state index contributed by atoms with van der Waals surface area (Å²) in [7, 11) is 0. The van der Waals surface area contributed by atoms with E-state index in [9.17, 15) is 4.79 Å². The summed E-state index contributed by atoms with van der Waals surface area (Å²) in [5.41, 5.74) is 0. The molecule has 2 N–H and O–H groups in total. The summed E-state index contributed by atoms with van der Waals surface area (Å²) < 4.78 is 0. The van der Waals surface area contributed by atoms with Gasteiger partial charge in [-0.1, -0.05) is 18.3 Å². The van der Waals surface area contributed by atoms with Gasteiger partial charge in [-0.3, -0.25) is 4.79 Å². The Morgan fingerprint density at radius 1 is 1.37 bits per heavy atom. The van der Waals surface area contributed by atoms with Crippen LogP contribution in [-0.4, -0.2) is 34.2 Å². The summed E-state index contributed by atoms with van der Waals surface area (Å²) in [6.45, 7) is 3.46. The molecule has 8 heteroatoms. The topological polar surface area (TPSA) is 79.8 Å². The number of aromatic nitrogens is 3. The lowest BCUT2D eigenvalue weighted by Crippen LogP contribution is -2.25. The minimum absolute atomic E-state index is 0.182. The van der Waals surface area contributed by atoms with Gasteiger partial charge in [0.25, 0.3) is 5.91 Å². The molecule has 2 heterocycles. The third-order valence-corrected chi connectivity index (χ3v) is 3.97. The lowest BCUT2D eigenvalue weighted by Gasteiger charge is -2.00. The molecule has 0 unspecified atom stereocenters. The van der Waals surface area contributed by atoms with E-state index in [2.05, 4.69) is 32.7 Å². The Morgan fingerprint density at radius 2 is 2.26 bits per heavy atom. The van der Waals surface area contributed by atoms with Crippen LogP contribution in [0.2, 0.25) is 0 Å². The predicted octanol–water partition coefficient (Wildman–Crippen LogP) is 1.79. The molecule has 0 aliphatic carbocycles. The molecule has 0 aliphatic heterocycles. The fourth-order valence-electron chi connectivity index (χ4n) is 1.35. The fraction of sp³-hybridized carbons (Fsp3) is 0.455. The normalized spacial score (nSPS) is 10.4. The molecule has 2 aromatic heterocycles. The van der Waals surface area contributed by atoms with E-state index in [0.717, 1.165) is 24.4 Å². The number of carbonyl (C=O) groups excluding carboxylic acids is 1. The molecule has 0 saturated heterocycles. The van der Waals surface area contributed by atoms with Crippen LogP contribution in [0.3, 0.4) is 0 Å². The van der Waals surface area contributed by atoms with Gasteiger partial charge >= 0.3 is 0 Å². The van der Waals surface area contributed by atoms with Crippen molar-refractivity contribution in [3.05, 3.63) is 21.6 Å². The second kappa shape index (κ2) is 7.15. The quantitative estimate of drug-likeness (QED) is 0.814. The molecule has 102 valence electrons. The van der Waals surface area contributed by atoms with Crippen molar-refractivity contribution >= 4 is 33.7 Å². The van der Waals surface area contributed by atoms with Gasteiger partial charge in [0.1, 0.15) is 0 Å². The zero-order valence-electron chi connectivity index (χ0n) is 10.5. The molecule has 2 rings (SSSR count). The van der Waals surface area contributed by atoms with Crippen molar-refractivity contribution < 1.29 is 4.79 Å². The number of amides is 1. The average molecular weight is 297 g/mol. The minimum Gasteiger partial charge on any atom is -0.360 e. The van der Waals surface area contributed by atoms with Crippen LogP contribution in [0.1, 0.15) is 28.2 Å². The van der Waals surface area contributed by atoms with Crippen LogP contribution >= 0.6 is 22.7 Å². The molecule has 0 saturated carbocycles. The molecule has 0 spiro atoms. The first kappa shape index (κ1) is 13.9. The van der Waals surface area contributed by atoms with E-state index in [4.69, 9.17) is 0 Å². The maximum absolute atomic E-state index is 11.8. The van der Waals surface area contributed by atoms with Crippen molar-refractivity contribution in [2.45, 2.75) is 19.8 Å². The smallest absolute Gasteiger partial charge is 0.282 e. The van der Waals surface area contributed by atoms with E-state index in [1.807, 2.05) is 5.38 Å². The number of nitrogens with zero attached hydrogens (tertiary/aromatic N) is 3. The first-order valence-electron chi connectivity index (χ1n) is 6.03. The number of thiazole rings is 1. The summed E-state index contributed by atoms with van der Waals surface area (Å²) in [4.78, 5) is 16.0. The molecular formula is C11H15N5OS2. The Kier molecular flexibility index (Phi) is 5.22. The Hall–Kier alpha value is -1.54. The standard InChI is InChI=1S/C11H15N5OS2/c1-2-4-14-11-16-15-10(19-11)9(17)13-5-3-8-12-6-7-18-8/h6-7H,2-5H2,1H3,(H,13,17)(H,14,16). The molecule has 0 aliphatic rings. The van der Waals surface area contributed by atoms with Gasteiger partial charge in [0.05, 0.1) is 5.01 Å². The number of anilines is 1. The van der Waals surface area contributed by atoms with Gasteiger partial charge in [-0.15, -0.1) is 21.5 Å². The molecule has 0 bridgehead atoms. The zero-order valence-corrected chi connectivity index (χ0v) is 12.2. The molecule has 0 fully saturated rings. The first-order valence-corrected chi connectivity index (χ1v) is 7.73. The van der Waals surface area contributed by atoms with Crippen LogP contribution in [0, 0.1) is 0 Å². The third kappa shape index (κ3) is 4.25. The number of hydrogen-bond donors (Lipinski definition) is 2. The largest absolute Gasteiger partial charge is 0.360 e. The van der Waals surface area contributed by atoms with Crippen LogP contribution in [-0.2, 0) is 6.42 Å². The van der Waals surface area contributed by atoms with Gasteiger partial charge < -0.3 is 10.6 Å². The highest BCUT2D eigenvalue weighted by Crippen LogP contribution is 2.14. The Bertz CT molecular complexity index is 511. The van der Waals surface area contributed by atoms with Gasteiger partial charge in [-0.05, 0) is 6.42 Å². The van der Waals surface area contributed by atoms with E-state index in [0.29, 0.717) is 16.7 Å². The SMILES string of the molecule is CCCNc1nnc(C(=O)NCCc2nccs2)s1. The number of hydrogen-bond acceptors (Lipinski definition) is 7. The van der Waals surface area contributed by atoms with Crippen LogP contribution < -0.4 is 10.6 Å². The zero-order chi connectivity index (χ0) is 13.5. The molecule has 6 nitrogen and oxygen atoms in total. The maximum Gasteiger partial charge on any atom is 0.282 e. The van der Waals surface area contributed by atoms with E-state index < -0.39 is 0 Å². The molecule has 0 radical (unpaired) electrons. The second-order valence-electron chi connectivity index (χ2n) is 3.77. The number of carbonyl (C=O) groups is 1. The average Bonchev–Trinajstić information content (AvgIpc) is 3.07. The van der Waals surface area contributed by atoms with E-state index >= 15 is 0 Å². The fourth-order valence-corrected chi connectivity index (χ4v) is 2.66. The number of nitrogens with one attached hydrogen (secondary N) is 2. The minimum atomic E-state index is -0.182. The highest BCUT2D eigenvalue weighted by atomic mass is 32.1. The highest BCUT2D eigenvalue weighted by molar-refractivity contribution is 7.17. The van der Waals surface area contributed by atoms with Crippen LogP contribution in [0.4, 0.5) is 5.13 Å². The van der Waals surface area contributed by atoms with Crippen molar-refractivity contribution in [2.75, 3.05) is 18.4 Å². The van der Waals surface area contributed by atoms with Crippen molar-refractivity contribution in [1.82, 2.24) is 20.5 Å². The van der Waals surface area contributed by atoms with E-state index in [-0.39, 0.29) is 5.91 Å². The maximum atomic E-state index is 11.8. The molecule has 0 atom stereocenters. The highest BCUT2D eigenvalue weighted by Gasteiger charge is 2.12. The summed E-state index contributed by atoms with van der Waals surface area (Å²) in [6.07, 6.45) is 3.51.